The first kappa shape index (κ1) is 17.5. The van der Waals surface area contributed by atoms with Crippen LogP contribution >= 0.6 is 0 Å². The molecule has 1 aliphatic heterocycles. The number of aliphatic imine (C=N–C) groups is 2. The number of halogens is 1. The van der Waals surface area contributed by atoms with Gasteiger partial charge in [0.15, 0.2) is 5.65 Å². The summed E-state index contributed by atoms with van der Waals surface area (Å²) in [6.07, 6.45) is 8.12. The highest BCUT2D eigenvalue weighted by molar-refractivity contribution is 6.41. The molecule has 0 radical (unpaired) electrons. The molecule has 0 atom stereocenters. The monoisotopic (exact) mass is 369 g/mol. The zero-order chi connectivity index (χ0) is 19.5. The van der Waals surface area contributed by atoms with Crippen LogP contribution in [0.15, 0.2) is 89.3 Å². The summed E-state index contributed by atoms with van der Waals surface area (Å²) < 4.78 is 14.4. The van der Waals surface area contributed by atoms with E-state index in [0.717, 1.165) is 5.39 Å². The van der Waals surface area contributed by atoms with E-state index >= 15 is 0 Å². The second-order valence-electron chi connectivity index (χ2n) is 6.03. The van der Waals surface area contributed by atoms with Crippen molar-refractivity contribution in [1.82, 2.24) is 9.97 Å². The minimum Gasteiger partial charge on any atom is -0.398 e. The van der Waals surface area contributed by atoms with Crippen LogP contribution in [0.1, 0.15) is 5.56 Å². The number of hydrogen-bond acceptors (Lipinski definition) is 5. The van der Waals surface area contributed by atoms with Crippen LogP contribution in [0.5, 0.6) is 0 Å². The number of pyridine rings is 2. The smallest absolute Gasteiger partial charge is 0.160 e. The summed E-state index contributed by atoms with van der Waals surface area (Å²) in [6.45, 7) is 3.64. The molecule has 1 aliphatic rings. The van der Waals surface area contributed by atoms with Crippen molar-refractivity contribution in [2.45, 2.75) is 0 Å². The zero-order valence-corrected chi connectivity index (χ0v) is 14.9. The average Bonchev–Trinajstić information content (AvgIpc) is 2.73. The third kappa shape index (κ3) is 3.12. The van der Waals surface area contributed by atoms with Gasteiger partial charge in [-0.1, -0.05) is 18.7 Å². The largest absolute Gasteiger partial charge is 0.398 e. The predicted molar refractivity (Wildman–Crippen MR) is 111 cm³/mol. The van der Waals surface area contributed by atoms with E-state index in [2.05, 4.69) is 26.5 Å². The number of aromatic nitrogens is 2. The molecule has 6 heteroatoms. The molecular formula is C22H16FN5. The van der Waals surface area contributed by atoms with Gasteiger partial charge in [-0.2, -0.15) is 0 Å². The Morgan fingerprint density at radius 3 is 2.86 bits per heavy atom. The molecule has 1 aromatic carbocycles. The topological polar surface area (TPSA) is 76.5 Å². The summed E-state index contributed by atoms with van der Waals surface area (Å²) in [5.74, 6) is -0.360. The highest BCUT2D eigenvalue weighted by Gasteiger charge is 2.17. The molecule has 2 N–H and O–H groups in total. The zero-order valence-electron chi connectivity index (χ0n) is 14.9. The highest BCUT2D eigenvalue weighted by atomic mass is 19.1. The summed E-state index contributed by atoms with van der Waals surface area (Å²) in [5.41, 5.74) is 10.3. The predicted octanol–water partition coefficient (Wildman–Crippen LogP) is 4.29. The lowest BCUT2D eigenvalue weighted by Gasteiger charge is -2.14. The standard InChI is InChI=1S/C22H16FN5/c1-2-26-20-13-25-11-9-16(20)21(24)17-12-19(15-6-3-4-8-18(15)23)28-22-14(17)7-5-10-27-22/h2-13H,1,24H2/b21-16-,26-20-. The SMILES string of the molecule is C=C/N=C1/C=NC=C/C1=C(/N)c1cc(-c2ccccc2F)nc2ncccc12. The Kier molecular flexibility index (Phi) is 4.60. The lowest BCUT2D eigenvalue weighted by atomic mass is 9.98. The molecule has 4 rings (SSSR count). The molecule has 0 fully saturated rings. The normalized spacial score (nSPS) is 16.5. The van der Waals surface area contributed by atoms with Crippen LogP contribution in [0, 0.1) is 5.82 Å². The summed E-state index contributed by atoms with van der Waals surface area (Å²) >= 11 is 0. The lowest BCUT2D eigenvalue weighted by Crippen LogP contribution is -2.13. The molecule has 0 amide bonds. The summed E-state index contributed by atoms with van der Waals surface area (Å²) in [5, 5.41) is 0.765. The molecular weight excluding hydrogens is 353 g/mol. The van der Waals surface area contributed by atoms with Crippen LogP contribution in [0.2, 0.25) is 0 Å². The fourth-order valence-electron chi connectivity index (χ4n) is 3.05. The number of benzene rings is 1. The van der Waals surface area contributed by atoms with Gasteiger partial charge in [-0.05, 0) is 36.4 Å². The van der Waals surface area contributed by atoms with Crippen molar-refractivity contribution in [3.8, 4) is 11.3 Å². The fraction of sp³-hybridized carbons (Fsp3) is 0. The first-order valence-electron chi connectivity index (χ1n) is 8.58. The summed E-state index contributed by atoms with van der Waals surface area (Å²) in [7, 11) is 0. The molecule has 0 bridgehead atoms. The van der Waals surface area contributed by atoms with Gasteiger partial charge in [-0.25, -0.2) is 14.4 Å². The molecule has 28 heavy (non-hydrogen) atoms. The van der Waals surface area contributed by atoms with E-state index in [4.69, 9.17) is 5.73 Å². The van der Waals surface area contributed by atoms with E-state index in [1.54, 1.807) is 49.0 Å². The first-order chi connectivity index (χ1) is 13.7. The third-order valence-corrected chi connectivity index (χ3v) is 4.34. The van der Waals surface area contributed by atoms with Gasteiger partial charge in [-0.15, -0.1) is 0 Å². The average molecular weight is 369 g/mol. The molecule has 5 nitrogen and oxygen atoms in total. The number of nitrogens with zero attached hydrogens (tertiary/aromatic N) is 4. The number of allylic oxidation sites excluding steroid dienone is 2. The summed E-state index contributed by atoms with van der Waals surface area (Å²) in [6, 6.07) is 11.9. The van der Waals surface area contributed by atoms with E-state index in [1.165, 1.54) is 12.3 Å². The maximum absolute atomic E-state index is 14.4. The van der Waals surface area contributed by atoms with Crippen molar-refractivity contribution in [1.29, 1.82) is 0 Å². The molecule has 3 heterocycles. The van der Waals surface area contributed by atoms with Crippen LogP contribution in [-0.4, -0.2) is 21.9 Å². The molecule has 136 valence electrons. The molecule has 3 aromatic rings. The molecule has 2 aromatic heterocycles. The number of rotatable bonds is 3. The van der Waals surface area contributed by atoms with Gasteiger partial charge in [0.05, 0.1) is 17.6 Å². The third-order valence-electron chi connectivity index (χ3n) is 4.34. The van der Waals surface area contributed by atoms with Gasteiger partial charge in [-0.3, -0.25) is 9.98 Å². The maximum atomic E-state index is 14.4. The van der Waals surface area contributed by atoms with Gasteiger partial charge in [0.1, 0.15) is 5.82 Å². The Balaban J connectivity index is 2.01. The Labute approximate surface area is 161 Å². The Hall–Kier alpha value is -3.93. The first-order valence-corrected chi connectivity index (χ1v) is 8.58. The second kappa shape index (κ2) is 7.36. The molecule has 0 spiro atoms. The number of hydrogen-bond donors (Lipinski definition) is 1. The summed E-state index contributed by atoms with van der Waals surface area (Å²) in [4.78, 5) is 17.2. The lowest BCUT2D eigenvalue weighted by molar-refractivity contribution is 0.631. The molecule has 0 unspecified atom stereocenters. The van der Waals surface area contributed by atoms with Crippen molar-refractivity contribution in [2.75, 3.05) is 0 Å². The maximum Gasteiger partial charge on any atom is 0.160 e. The quantitative estimate of drug-likeness (QED) is 0.748. The van der Waals surface area contributed by atoms with Crippen molar-refractivity contribution < 1.29 is 4.39 Å². The van der Waals surface area contributed by atoms with Crippen LogP contribution in [0.3, 0.4) is 0 Å². The minimum atomic E-state index is -0.360. The Morgan fingerprint density at radius 2 is 2.04 bits per heavy atom. The van der Waals surface area contributed by atoms with Crippen LogP contribution < -0.4 is 5.73 Å². The van der Waals surface area contributed by atoms with Crippen LogP contribution in [0.4, 0.5) is 4.39 Å². The van der Waals surface area contributed by atoms with Gasteiger partial charge in [0.25, 0.3) is 0 Å². The van der Waals surface area contributed by atoms with Crippen molar-refractivity contribution in [3.63, 3.8) is 0 Å². The number of fused-ring (bicyclic) bond motifs is 1. The van der Waals surface area contributed by atoms with Gasteiger partial charge in [0.2, 0.25) is 0 Å². The van der Waals surface area contributed by atoms with E-state index < -0.39 is 0 Å². The Bertz CT molecular complexity index is 1200. The van der Waals surface area contributed by atoms with Crippen LogP contribution in [-0.2, 0) is 0 Å². The van der Waals surface area contributed by atoms with E-state index in [1.807, 2.05) is 12.1 Å². The number of nitrogens with two attached hydrogens (primary N) is 1. The van der Waals surface area contributed by atoms with E-state index in [-0.39, 0.29) is 5.82 Å². The van der Waals surface area contributed by atoms with Crippen LogP contribution in [0.25, 0.3) is 28.0 Å². The van der Waals surface area contributed by atoms with Gasteiger partial charge >= 0.3 is 0 Å². The molecule has 0 saturated carbocycles. The van der Waals surface area contributed by atoms with E-state index in [0.29, 0.717) is 39.4 Å². The minimum absolute atomic E-state index is 0.360. The van der Waals surface area contributed by atoms with Gasteiger partial charge < -0.3 is 5.73 Å². The molecule has 0 aliphatic carbocycles. The van der Waals surface area contributed by atoms with Crippen molar-refractivity contribution in [3.05, 3.63) is 90.7 Å². The van der Waals surface area contributed by atoms with Crippen molar-refractivity contribution >= 4 is 28.7 Å². The van der Waals surface area contributed by atoms with E-state index in [9.17, 15) is 4.39 Å². The fourth-order valence-corrected chi connectivity index (χ4v) is 3.05. The Morgan fingerprint density at radius 1 is 1.18 bits per heavy atom. The van der Waals surface area contributed by atoms with Gasteiger partial charge in [0, 0.05) is 46.4 Å². The van der Waals surface area contributed by atoms with Crippen molar-refractivity contribution in [2.24, 2.45) is 15.7 Å². The molecule has 0 saturated heterocycles. The second-order valence-corrected chi connectivity index (χ2v) is 6.03. The highest BCUT2D eigenvalue weighted by Crippen LogP contribution is 2.30.